The number of pyridine rings is 5. The molecule has 772 valence electrons. The smallest absolute Gasteiger partial charge is 0.412 e. The summed E-state index contributed by atoms with van der Waals surface area (Å²) in [7, 11) is 0. The van der Waals surface area contributed by atoms with Gasteiger partial charge in [0.05, 0.1) is 105 Å². The average molecular weight is 2090 g/mol. The topological polar surface area (TPSA) is 416 Å². The number of aliphatic hydroxyl groups excluding tert-OH is 1. The summed E-state index contributed by atoms with van der Waals surface area (Å²) in [6.45, 7) is 51.6. The Morgan fingerprint density at radius 3 is 1.21 bits per heavy atom. The van der Waals surface area contributed by atoms with E-state index in [1.54, 1.807) is 97.8 Å². The molecule has 46 heteroatoms. The summed E-state index contributed by atoms with van der Waals surface area (Å²) in [5.74, 6) is -4.94. The third kappa shape index (κ3) is 33.0. The number of carbonyl (C=O) groups is 7. The van der Waals surface area contributed by atoms with Crippen molar-refractivity contribution in [1.29, 1.82) is 5.26 Å². The molecule has 4 saturated heterocycles. The summed E-state index contributed by atoms with van der Waals surface area (Å²) in [5, 5.41) is 27.5. The Balaban J connectivity index is 0.000000208. The number of halogens is 11. The summed E-state index contributed by atoms with van der Waals surface area (Å²) in [6, 6.07) is 5.11. The zero-order valence-electron chi connectivity index (χ0n) is 82.0. The van der Waals surface area contributed by atoms with Crippen molar-refractivity contribution in [3.8, 4) is 6.07 Å². The molecule has 35 nitrogen and oxygen atoms in total. The molecule has 10 aliphatic rings. The van der Waals surface area contributed by atoms with Crippen LogP contribution in [0.5, 0.6) is 0 Å². The van der Waals surface area contributed by atoms with Gasteiger partial charge in [-0.3, -0.25) is 24.3 Å². The number of carbonyl (C=O) groups excluding carboxylic acids is 7. The van der Waals surface area contributed by atoms with Gasteiger partial charge < -0.3 is 81.0 Å². The third-order valence-corrected chi connectivity index (χ3v) is 25.0. The maximum atomic E-state index is 15.3. The van der Waals surface area contributed by atoms with Gasteiger partial charge in [-0.25, -0.2) is 85.4 Å². The molecule has 0 bridgehead atoms. The SMILES string of the molecule is C1CCOC1.CC#N.CC(C)(C)OC(=O)N1CN(c2nc(Cl)c(C(N)=O)cc2F)[C@@H]2CCCC[C@@H]21.CC(C)(C)OC(=O)N1CN(c2nc(Cl)c3c(c2F)C(O)NC3=O)[C@@H]2CCCC[C@@H]21.CC(C)(C)OC(=O)N[C@H]1CCCC[C@H]1N.[C-]#[N+]c1cc(F)c(Cl)nc1Cl.[C-]#[N+]c1cc(F)c(N2CN(C(=O)OC(C)(C)C)[C@H]3CCCC[C@H]32)nc1Cl.[C-]#[N+]c1cc(F)c(N[C@@H]2CCCC[C@@H]2NC(=O)OC(C)(C)C)nc1Cl. The molecular formula is C95H126Cl6F5N21O14. The number of hydrogen-bond donors (Lipinski definition) is 7. The van der Waals surface area contributed by atoms with E-state index in [2.05, 4.69) is 60.7 Å². The van der Waals surface area contributed by atoms with E-state index in [0.717, 1.165) is 166 Å². The summed E-state index contributed by atoms with van der Waals surface area (Å²) >= 11 is 34.8. The number of nitrogens with zero attached hydrogens (tertiary/aromatic N) is 15. The van der Waals surface area contributed by atoms with Crippen molar-refractivity contribution >= 4 is 152 Å². The van der Waals surface area contributed by atoms with Crippen LogP contribution < -0.4 is 47.4 Å². The van der Waals surface area contributed by atoms with Gasteiger partial charge in [-0.1, -0.05) is 134 Å². The molecule has 5 aliphatic heterocycles. The molecular weight excluding hydrogens is 1970 g/mol. The number of alkyl carbamates (subject to hydrolysis) is 2. The number of anilines is 4. The predicted octanol–water partition coefficient (Wildman–Crippen LogP) is 21.8. The van der Waals surface area contributed by atoms with Gasteiger partial charge in [0.2, 0.25) is 17.1 Å². The van der Waals surface area contributed by atoms with Crippen molar-refractivity contribution in [3.63, 3.8) is 0 Å². The van der Waals surface area contributed by atoms with E-state index in [-0.39, 0.29) is 174 Å². The normalized spacial score (nSPS) is 22.1. The van der Waals surface area contributed by atoms with E-state index in [1.807, 2.05) is 41.5 Å². The lowest BCUT2D eigenvalue weighted by atomic mass is 9.90. The van der Waals surface area contributed by atoms with Crippen molar-refractivity contribution in [2.45, 2.75) is 347 Å². The van der Waals surface area contributed by atoms with Crippen LogP contribution in [0.3, 0.4) is 0 Å². The first-order chi connectivity index (χ1) is 66.0. The van der Waals surface area contributed by atoms with E-state index in [9.17, 15) is 56.2 Å². The first-order valence-electron chi connectivity index (χ1n) is 46.6. The molecule has 141 heavy (non-hydrogen) atoms. The van der Waals surface area contributed by atoms with Crippen molar-refractivity contribution < 1.29 is 89.0 Å². The molecule has 1 unspecified atom stereocenters. The Hall–Kier alpha value is -10.5. The summed E-state index contributed by atoms with van der Waals surface area (Å²) < 4.78 is 103. The van der Waals surface area contributed by atoms with Crippen LogP contribution in [0.4, 0.5) is 86.3 Å². The number of ether oxygens (including phenoxy) is 6. The third-order valence-electron chi connectivity index (χ3n) is 23.3. The monoisotopic (exact) mass is 2090 g/mol. The molecule has 10 heterocycles. The number of rotatable bonds is 8. The van der Waals surface area contributed by atoms with Crippen LogP contribution in [0.2, 0.25) is 30.9 Å². The van der Waals surface area contributed by atoms with E-state index < -0.39 is 99.5 Å². The van der Waals surface area contributed by atoms with Gasteiger partial charge in [0, 0.05) is 38.3 Å². The molecule has 9 N–H and O–H groups in total. The number of nitrogens with two attached hydrogens (primary N) is 2. The highest BCUT2D eigenvalue weighted by Gasteiger charge is 2.51. The largest absolute Gasteiger partial charge is 0.444 e. The predicted molar refractivity (Wildman–Crippen MR) is 525 cm³/mol. The van der Waals surface area contributed by atoms with Gasteiger partial charge in [0.15, 0.2) is 57.9 Å². The molecule has 5 aromatic rings. The molecule has 11 atom stereocenters. The molecule has 5 saturated carbocycles. The number of hydrogen-bond acceptors (Lipinski definition) is 25. The van der Waals surface area contributed by atoms with Crippen molar-refractivity contribution in [2.24, 2.45) is 11.5 Å². The Kier molecular flexibility index (Phi) is 41.9. The second-order valence-corrected chi connectivity index (χ2v) is 42.0. The van der Waals surface area contributed by atoms with Gasteiger partial charge in [0.25, 0.3) is 11.8 Å². The Labute approximate surface area is 849 Å². The number of nitriles is 1. The number of nitrogens with one attached hydrogen (secondary N) is 4. The van der Waals surface area contributed by atoms with Crippen LogP contribution in [-0.4, -0.2) is 209 Å². The quantitative estimate of drug-likeness (QED) is 0.0328. The number of aromatic nitrogens is 5. The lowest BCUT2D eigenvalue weighted by Crippen LogP contribution is -2.50. The van der Waals surface area contributed by atoms with Gasteiger partial charge >= 0.3 is 30.5 Å². The molecule has 5 aromatic heterocycles. The van der Waals surface area contributed by atoms with Crippen LogP contribution in [0, 0.1) is 60.1 Å². The summed E-state index contributed by atoms with van der Waals surface area (Å²) in [4.78, 5) is 124. The van der Waals surface area contributed by atoms with Crippen LogP contribution in [-0.2, 0) is 28.4 Å². The van der Waals surface area contributed by atoms with Crippen LogP contribution >= 0.6 is 69.6 Å². The van der Waals surface area contributed by atoms with E-state index in [1.165, 1.54) is 19.8 Å². The Morgan fingerprint density at radius 1 is 0.468 bits per heavy atom. The van der Waals surface area contributed by atoms with Crippen LogP contribution in [0.25, 0.3) is 14.5 Å². The highest BCUT2D eigenvalue weighted by atomic mass is 35.5. The summed E-state index contributed by atoms with van der Waals surface area (Å²) in [5.41, 5.74) is 7.63. The zero-order valence-corrected chi connectivity index (χ0v) is 86.6. The van der Waals surface area contributed by atoms with E-state index in [0.29, 0.717) is 0 Å². The first-order valence-corrected chi connectivity index (χ1v) is 48.9. The standard InChI is InChI=1S/C19H24ClFN4O4.C18H24ClFN4O3.C18H22ClFN4O2.C17H22ClFN4O2.C11H22N2O2.C6HCl2FN2.C4H8O.C2H3N/c1-19(2,3)29-18(28)25-8-24(9-6-4-5-7-10(9)25)15-13(21)11-12(14(20)22-15)17(27)23-16(11)26;1-18(2,3)27-17(26)24-9-23(12-6-4-5-7-13(12)24)16-11(20)8-10(15(21)25)14(19)22-16;1-18(2,3)26-17(25)24-10-23(13-7-5-6-8-14(13)24)16-11(20)9-12(21-4)15(19)22-16;1-17(2,3)25-16(24)22-12-8-6-5-7-11(12)21-15-10(19)9-13(20-4)14(18)23-15;1-11(2,3)15-10(14)13-9-7-5-4-6-8(9)12;1-10-4-2-3(9)5(7)11-6(4)8;1-2-4-5-3-1;1-2-3/h9-10,16,26H,4-8H2,1-3H3,(H,23,27);8,12-13H,4-7,9H2,1-3H3,(H2,21,25);9,13-14H,5-8,10H2,1-3H3;9,11-12H,5-8H2,1-3H3,(H,21,23)(H,22,24);8-9H,4-7,12H2,1-3H3,(H,13,14);2H;1-4H2;1H3/t9-,10+,16?;12-,13+;13-,14+;11-,12+;8-,9+;;;/m11111.../s1. The molecule has 5 aliphatic carbocycles. The Morgan fingerprint density at radius 2 is 0.809 bits per heavy atom. The van der Waals surface area contributed by atoms with Crippen LogP contribution in [0.1, 0.15) is 285 Å². The molecule has 15 rings (SSSR count). The molecule has 0 radical (unpaired) electrons. The lowest BCUT2D eigenvalue weighted by Gasteiger charge is -2.33. The minimum absolute atomic E-state index is 0.0136. The molecule has 0 spiro atoms. The van der Waals surface area contributed by atoms with Crippen molar-refractivity contribution in [1.82, 2.24) is 55.6 Å². The van der Waals surface area contributed by atoms with Gasteiger partial charge in [0.1, 0.15) is 59.6 Å². The molecule has 0 aromatic carbocycles. The fourth-order valence-corrected chi connectivity index (χ4v) is 18.6. The number of amides is 7. The van der Waals surface area contributed by atoms with Crippen LogP contribution in [0.15, 0.2) is 24.3 Å². The summed E-state index contributed by atoms with van der Waals surface area (Å²) in [6.07, 6.45) is 17.4. The fourth-order valence-electron chi connectivity index (χ4n) is 17.4. The van der Waals surface area contributed by atoms with Crippen molar-refractivity contribution in [2.75, 3.05) is 53.2 Å². The van der Waals surface area contributed by atoms with Gasteiger partial charge in [-0.2, -0.15) is 5.26 Å². The van der Waals surface area contributed by atoms with Crippen molar-refractivity contribution in [3.05, 3.63) is 135 Å². The van der Waals surface area contributed by atoms with Gasteiger partial charge in [-0.05, 0) is 205 Å². The zero-order chi connectivity index (χ0) is 105. The second kappa shape index (κ2) is 51.1. The minimum atomic E-state index is -1.48. The molecule has 7 amide bonds. The second-order valence-electron chi connectivity index (χ2n) is 39.8. The number of aliphatic hydroxyl groups is 1. The fraction of sp³-hybridized carbons (Fsp3) is 0.621. The lowest BCUT2D eigenvalue weighted by molar-refractivity contribution is 0.0190. The Bertz CT molecular complexity index is 5420. The highest BCUT2D eigenvalue weighted by Crippen LogP contribution is 2.45. The van der Waals surface area contributed by atoms with E-state index in [4.69, 9.17) is 134 Å². The first kappa shape index (κ1) is 116. The average Bonchev–Trinajstić information content (AvgIpc) is 1.61. The maximum absolute atomic E-state index is 15.3. The maximum Gasteiger partial charge on any atom is 0.412 e. The highest BCUT2D eigenvalue weighted by molar-refractivity contribution is 6.35. The number of fused-ring (bicyclic) bond motifs is 4. The number of primary amides is 1. The molecule has 9 fully saturated rings. The van der Waals surface area contributed by atoms with Gasteiger partial charge in [-0.15, -0.1) is 0 Å². The minimum Gasteiger partial charge on any atom is -0.444 e. The van der Waals surface area contributed by atoms with E-state index >= 15 is 4.39 Å².